The lowest BCUT2D eigenvalue weighted by molar-refractivity contribution is -0.125. The van der Waals surface area contributed by atoms with E-state index in [2.05, 4.69) is 10.6 Å². The quantitative estimate of drug-likeness (QED) is 0.717. The molecule has 6 nitrogen and oxygen atoms in total. The first-order chi connectivity index (χ1) is 13.2. The highest BCUT2D eigenvalue weighted by Gasteiger charge is 2.40. The summed E-state index contributed by atoms with van der Waals surface area (Å²) in [7, 11) is 0. The number of anilines is 1. The summed E-state index contributed by atoms with van der Waals surface area (Å²) in [6.07, 6.45) is 4.47. The average molecular weight is 406 g/mol. The number of nitrogens with zero attached hydrogens (tertiary/aromatic N) is 1. The van der Waals surface area contributed by atoms with Crippen LogP contribution >= 0.6 is 11.8 Å². The van der Waals surface area contributed by atoms with E-state index in [0.717, 1.165) is 36.3 Å². The highest BCUT2D eigenvalue weighted by molar-refractivity contribution is 8.01. The van der Waals surface area contributed by atoms with E-state index in [0.29, 0.717) is 0 Å². The van der Waals surface area contributed by atoms with E-state index in [-0.39, 0.29) is 24.4 Å². The molecule has 0 aromatic heterocycles. The van der Waals surface area contributed by atoms with Gasteiger partial charge in [-0.15, -0.1) is 11.8 Å². The van der Waals surface area contributed by atoms with Crippen molar-refractivity contribution in [1.29, 1.82) is 0 Å². The first kappa shape index (κ1) is 21.0. The number of para-hydroxylation sites is 1. The van der Waals surface area contributed by atoms with E-state index >= 15 is 0 Å². The molecule has 1 fully saturated rings. The van der Waals surface area contributed by atoms with Crippen molar-refractivity contribution in [3.05, 3.63) is 24.3 Å². The molecule has 1 heterocycles. The summed E-state index contributed by atoms with van der Waals surface area (Å²) in [6, 6.07) is 7.82. The Morgan fingerprint density at radius 1 is 1.18 bits per heavy atom. The van der Waals surface area contributed by atoms with Crippen molar-refractivity contribution in [1.82, 2.24) is 10.6 Å². The Labute approximate surface area is 171 Å². The van der Waals surface area contributed by atoms with Crippen LogP contribution in [0.2, 0.25) is 0 Å². The van der Waals surface area contributed by atoms with Crippen LogP contribution in [0, 0.1) is 0 Å². The number of fused-ring (bicyclic) bond motifs is 1. The zero-order valence-corrected chi connectivity index (χ0v) is 17.7. The van der Waals surface area contributed by atoms with E-state index in [1.807, 2.05) is 45.0 Å². The van der Waals surface area contributed by atoms with Crippen molar-refractivity contribution in [3.63, 3.8) is 0 Å². The Morgan fingerprint density at radius 2 is 1.86 bits per heavy atom. The molecule has 0 saturated heterocycles. The third-order valence-electron chi connectivity index (χ3n) is 5.06. The summed E-state index contributed by atoms with van der Waals surface area (Å²) in [5.41, 5.74) is 0.399. The summed E-state index contributed by atoms with van der Waals surface area (Å²) in [5.74, 6) is -0.333. The molecule has 2 aliphatic rings. The standard InChI is InChI=1S/C21H31N3O3S/c1-21(2,3)23-19(26)18-20(27)24(15-11-7-8-12-16(15)28-18)13-17(25)22-14-9-5-4-6-10-14/h7-8,11-12,14,18,20,27H,4-6,9-10,13H2,1-3H3,(H,22,25)(H,23,26). The number of nitrogens with one attached hydrogen (secondary N) is 2. The van der Waals surface area contributed by atoms with Crippen molar-refractivity contribution in [2.75, 3.05) is 11.4 Å². The average Bonchev–Trinajstić information content (AvgIpc) is 2.63. The van der Waals surface area contributed by atoms with Gasteiger partial charge in [0.25, 0.3) is 0 Å². The molecule has 1 aliphatic carbocycles. The van der Waals surface area contributed by atoms with Crippen LogP contribution < -0.4 is 15.5 Å². The van der Waals surface area contributed by atoms with Crippen molar-refractivity contribution in [3.8, 4) is 0 Å². The Hall–Kier alpha value is -1.73. The van der Waals surface area contributed by atoms with Crippen LogP contribution in [0.1, 0.15) is 52.9 Å². The number of amides is 2. The van der Waals surface area contributed by atoms with Gasteiger partial charge in [-0.3, -0.25) is 9.59 Å². The number of rotatable bonds is 4. The van der Waals surface area contributed by atoms with Gasteiger partial charge in [0.15, 0.2) is 0 Å². The number of hydrogen-bond donors (Lipinski definition) is 3. The summed E-state index contributed by atoms with van der Waals surface area (Å²) >= 11 is 1.34. The zero-order chi connectivity index (χ0) is 20.3. The molecule has 3 N–H and O–H groups in total. The Morgan fingerprint density at radius 3 is 2.54 bits per heavy atom. The lowest BCUT2D eigenvalue weighted by Gasteiger charge is -2.40. The molecule has 0 radical (unpaired) electrons. The molecule has 2 unspecified atom stereocenters. The van der Waals surface area contributed by atoms with E-state index in [9.17, 15) is 14.7 Å². The number of aliphatic hydroxyl groups is 1. The number of aliphatic hydroxyl groups excluding tert-OH is 1. The van der Waals surface area contributed by atoms with Gasteiger partial charge in [-0.25, -0.2) is 0 Å². The van der Waals surface area contributed by atoms with Gasteiger partial charge in [0.2, 0.25) is 11.8 Å². The zero-order valence-electron chi connectivity index (χ0n) is 16.9. The van der Waals surface area contributed by atoms with Gasteiger partial charge >= 0.3 is 0 Å². The third kappa shape index (κ3) is 5.20. The van der Waals surface area contributed by atoms with Crippen LogP contribution in [0.5, 0.6) is 0 Å². The predicted molar refractivity (Wildman–Crippen MR) is 112 cm³/mol. The Balaban J connectivity index is 1.75. The van der Waals surface area contributed by atoms with Crippen molar-refractivity contribution < 1.29 is 14.7 Å². The van der Waals surface area contributed by atoms with Crippen LogP contribution in [0.25, 0.3) is 0 Å². The van der Waals surface area contributed by atoms with Crippen LogP contribution in [0.4, 0.5) is 5.69 Å². The normalized spacial score (nSPS) is 23.1. The van der Waals surface area contributed by atoms with Crippen LogP contribution in [0.3, 0.4) is 0 Å². The van der Waals surface area contributed by atoms with Gasteiger partial charge in [0.1, 0.15) is 11.5 Å². The van der Waals surface area contributed by atoms with Crippen molar-refractivity contribution in [2.24, 2.45) is 0 Å². The maximum atomic E-state index is 12.8. The number of hydrogen-bond acceptors (Lipinski definition) is 5. The number of benzene rings is 1. The van der Waals surface area contributed by atoms with E-state index < -0.39 is 17.0 Å². The van der Waals surface area contributed by atoms with E-state index in [1.165, 1.54) is 18.2 Å². The highest BCUT2D eigenvalue weighted by Crippen LogP contribution is 2.41. The first-order valence-corrected chi connectivity index (χ1v) is 10.9. The lowest BCUT2D eigenvalue weighted by atomic mass is 9.95. The van der Waals surface area contributed by atoms with Crippen molar-refractivity contribution >= 4 is 29.3 Å². The molecule has 3 rings (SSSR count). The van der Waals surface area contributed by atoms with Gasteiger partial charge in [0, 0.05) is 16.5 Å². The van der Waals surface area contributed by atoms with Gasteiger partial charge in [-0.2, -0.15) is 0 Å². The van der Waals surface area contributed by atoms with Crippen LogP contribution in [-0.4, -0.2) is 46.5 Å². The lowest BCUT2D eigenvalue weighted by Crippen LogP contribution is -2.56. The molecule has 0 spiro atoms. The van der Waals surface area contributed by atoms with Gasteiger partial charge in [-0.05, 0) is 45.7 Å². The molecule has 7 heteroatoms. The molecule has 1 aliphatic heterocycles. The number of carbonyl (C=O) groups is 2. The third-order valence-corrected chi connectivity index (χ3v) is 6.37. The van der Waals surface area contributed by atoms with Crippen LogP contribution in [0.15, 0.2) is 29.2 Å². The Bertz CT molecular complexity index is 713. The molecule has 0 bridgehead atoms. The minimum atomic E-state index is -1.07. The summed E-state index contributed by atoms with van der Waals surface area (Å²) < 4.78 is 0. The molecule has 154 valence electrons. The van der Waals surface area contributed by atoms with E-state index in [4.69, 9.17) is 0 Å². The maximum Gasteiger partial charge on any atom is 0.239 e. The fourth-order valence-corrected chi connectivity index (χ4v) is 4.95. The minimum Gasteiger partial charge on any atom is -0.372 e. The molecular formula is C21H31N3O3S. The topological polar surface area (TPSA) is 81.7 Å². The summed E-state index contributed by atoms with van der Waals surface area (Å²) in [6.45, 7) is 5.77. The second-order valence-corrected chi connectivity index (χ2v) is 9.87. The number of carbonyl (C=O) groups excluding carboxylic acids is 2. The first-order valence-electron chi connectivity index (χ1n) is 10.1. The molecule has 2 atom stereocenters. The molecular weight excluding hydrogens is 374 g/mol. The molecule has 2 amide bonds. The monoisotopic (exact) mass is 405 g/mol. The van der Waals surface area contributed by atoms with Gasteiger partial charge in [0.05, 0.1) is 12.2 Å². The summed E-state index contributed by atoms with van der Waals surface area (Å²) in [5, 5.41) is 16.3. The smallest absolute Gasteiger partial charge is 0.239 e. The molecule has 1 saturated carbocycles. The highest BCUT2D eigenvalue weighted by atomic mass is 32.2. The minimum absolute atomic E-state index is 0.0362. The predicted octanol–water partition coefficient (Wildman–Crippen LogP) is 2.65. The SMILES string of the molecule is CC(C)(C)NC(=O)C1Sc2ccccc2N(CC(=O)NC2CCCCC2)C1O. The molecule has 1 aromatic carbocycles. The van der Waals surface area contributed by atoms with E-state index in [1.54, 1.807) is 4.90 Å². The van der Waals surface area contributed by atoms with Crippen molar-refractivity contribution in [2.45, 2.75) is 80.8 Å². The fraction of sp³-hybridized carbons (Fsp3) is 0.619. The van der Waals surface area contributed by atoms with Gasteiger partial charge < -0.3 is 20.6 Å². The second-order valence-electron chi connectivity index (χ2n) is 8.69. The second kappa shape index (κ2) is 8.74. The maximum absolute atomic E-state index is 12.8. The summed E-state index contributed by atoms with van der Waals surface area (Å²) in [4.78, 5) is 28.0. The molecule has 28 heavy (non-hydrogen) atoms. The Kier molecular flexibility index (Phi) is 6.55. The van der Waals surface area contributed by atoms with Gasteiger partial charge in [-0.1, -0.05) is 31.4 Å². The number of thioether (sulfide) groups is 1. The largest absolute Gasteiger partial charge is 0.372 e. The van der Waals surface area contributed by atoms with Crippen LogP contribution in [-0.2, 0) is 9.59 Å². The fourth-order valence-electron chi connectivity index (χ4n) is 3.78. The molecule has 1 aromatic rings.